The second-order valence-electron chi connectivity index (χ2n) is 6.45. The number of benzene rings is 2. The lowest BCUT2D eigenvalue weighted by atomic mass is 9.98. The molecule has 6 nitrogen and oxygen atoms in total. The zero-order chi connectivity index (χ0) is 20.4. The van der Waals surface area contributed by atoms with E-state index in [4.69, 9.17) is 14.2 Å². The number of carbonyl (C=O) groups excluding carboxylic acids is 2. The van der Waals surface area contributed by atoms with Gasteiger partial charge in [0, 0.05) is 11.3 Å². The molecule has 1 aromatic heterocycles. The lowest BCUT2D eigenvalue weighted by Gasteiger charge is -2.14. The third-order valence-corrected chi connectivity index (χ3v) is 5.80. The fourth-order valence-corrected chi connectivity index (χ4v) is 4.49. The van der Waals surface area contributed by atoms with E-state index in [-0.39, 0.29) is 18.1 Å². The quantitative estimate of drug-likeness (QED) is 0.607. The van der Waals surface area contributed by atoms with Gasteiger partial charge in [-0.2, -0.15) is 0 Å². The zero-order valence-corrected chi connectivity index (χ0v) is 16.7. The lowest BCUT2D eigenvalue weighted by Crippen LogP contribution is -2.18. The summed E-state index contributed by atoms with van der Waals surface area (Å²) in [4.78, 5) is 24.4. The molecule has 3 aromatic rings. The van der Waals surface area contributed by atoms with Crippen LogP contribution in [0.5, 0.6) is 5.75 Å². The van der Waals surface area contributed by atoms with Crippen molar-refractivity contribution in [3.05, 3.63) is 70.6 Å². The number of carbonyl (C=O) groups is 2. The van der Waals surface area contributed by atoms with Crippen molar-refractivity contribution in [1.29, 1.82) is 0 Å². The number of rotatable bonds is 5. The number of hydrogen-bond acceptors (Lipinski definition) is 6. The molecule has 0 aliphatic heterocycles. The van der Waals surface area contributed by atoms with Crippen molar-refractivity contribution in [2.24, 2.45) is 0 Å². The van der Waals surface area contributed by atoms with Crippen molar-refractivity contribution in [1.82, 2.24) is 0 Å². The Hall–Kier alpha value is -3.32. The number of esters is 1. The SMILES string of the molecule is COC(=O)c1c(OC)csc1NC(=O)OCC1c2ccccc2-c2ccccc21. The first-order chi connectivity index (χ1) is 14.1. The van der Waals surface area contributed by atoms with Crippen LogP contribution in [0, 0.1) is 0 Å². The Morgan fingerprint density at radius 3 is 2.21 bits per heavy atom. The molecule has 0 atom stereocenters. The van der Waals surface area contributed by atoms with Crippen LogP contribution in [0.2, 0.25) is 0 Å². The summed E-state index contributed by atoms with van der Waals surface area (Å²) < 4.78 is 15.5. The Kier molecular flexibility index (Phi) is 5.22. The van der Waals surface area contributed by atoms with Crippen LogP contribution in [0.25, 0.3) is 11.1 Å². The van der Waals surface area contributed by atoms with Gasteiger partial charge in [0.25, 0.3) is 0 Å². The van der Waals surface area contributed by atoms with Gasteiger partial charge in [0.2, 0.25) is 0 Å². The molecule has 0 bridgehead atoms. The van der Waals surface area contributed by atoms with Crippen LogP contribution in [-0.4, -0.2) is 32.9 Å². The monoisotopic (exact) mass is 409 g/mol. The van der Waals surface area contributed by atoms with Crippen LogP contribution >= 0.6 is 11.3 Å². The largest absolute Gasteiger partial charge is 0.495 e. The fourth-order valence-electron chi connectivity index (χ4n) is 3.61. The molecule has 2 aromatic carbocycles. The summed E-state index contributed by atoms with van der Waals surface area (Å²) in [5.74, 6) is -0.279. The molecule has 7 heteroatoms. The van der Waals surface area contributed by atoms with Gasteiger partial charge in [-0.3, -0.25) is 5.32 Å². The van der Waals surface area contributed by atoms with Gasteiger partial charge in [0.05, 0.1) is 14.2 Å². The van der Waals surface area contributed by atoms with Crippen LogP contribution in [0.1, 0.15) is 27.4 Å². The average molecular weight is 409 g/mol. The molecule has 0 saturated carbocycles. The van der Waals surface area contributed by atoms with Gasteiger partial charge in [-0.25, -0.2) is 9.59 Å². The predicted octanol–water partition coefficient (Wildman–Crippen LogP) is 4.90. The highest BCUT2D eigenvalue weighted by atomic mass is 32.1. The molecule has 0 unspecified atom stereocenters. The van der Waals surface area contributed by atoms with Crippen molar-refractivity contribution < 1.29 is 23.8 Å². The minimum Gasteiger partial charge on any atom is -0.495 e. The number of amides is 1. The van der Waals surface area contributed by atoms with Crippen LogP contribution in [0.15, 0.2) is 53.9 Å². The Morgan fingerprint density at radius 2 is 1.62 bits per heavy atom. The molecule has 1 amide bonds. The van der Waals surface area contributed by atoms with Crippen LogP contribution in [0.4, 0.5) is 9.80 Å². The maximum Gasteiger partial charge on any atom is 0.412 e. The Morgan fingerprint density at radius 1 is 1.00 bits per heavy atom. The maximum absolute atomic E-state index is 12.4. The summed E-state index contributed by atoms with van der Waals surface area (Å²) in [7, 11) is 2.72. The van der Waals surface area contributed by atoms with Crippen molar-refractivity contribution in [2.45, 2.75) is 5.92 Å². The molecule has 0 saturated heterocycles. The highest BCUT2D eigenvalue weighted by molar-refractivity contribution is 7.15. The van der Waals surface area contributed by atoms with Crippen LogP contribution < -0.4 is 10.1 Å². The topological polar surface area (TPSA) is 73.9 Å². The molecule has 1 aliphatic rings. The molecule has 4 rings (SSSR count). The number of fused-ring (bicyclic) bond motifs is 3. The van der Waals surface area contributed by atoms with Gasteiger partial charge in [-0.1, -0.05) is 48.5 Å². The molecular formula is C22H19NO5S. The van der Waals surface area contributed by atoms with Crippen LogP contribution in [0.3, 0.4) is 0 Å². The Balaban J connectivity index is 1.50. The summed E-state index contributed by atoms with van der Waals surface area (Å²) >= 11 is 1.17. The number of thiophene rings is 1. The summed E-state index contributed by atoms with van der Waals surface area (Å²) in [5, 5.41) is 4.58. The standard InChI is InChI=1S/C22H19NO5S/c1-26-18-12-29-20(19(18)21(24)27-2)23-22(25)28-11-17-15-9-5-3-7-13(15)14-8-4-6-10-16(14)17/h3-10,12,17H,11H2,1-2H3,(H,23,25). The van der Waals surface area contributed by atoms with Gasteiger partial charge >= 0.3 is 12.1 Å². The minimum absolute atomic E-state index is 0.0360. The molecule has 1 N–H and O–H groups in total. The van der Waals surface area contributed by atoms with E-state index < -0.39 is 12.1 Å². The Bertz CT molecular complexity index is 1030. The molecule has 148 valence electrons. The molecule has 0 fully saturated rings. The Labute approximate surface area is 172 Å². The number of methoxy groups -OCH3 is 2. The second-order valence-corrected chi connectivity index (χ2v) is 7.33. The molecule has 29 heavy (non-hydrogen) atoms. The number of anilines is 1. The summed E-state index contributed by atoms with van der Waals surface area (Å²) in [5.41, 5.74) is 4.76. The van der Waals surface area contributed by atoms with Crippen molar-refractivity contribution in [3.8, 4) is 16.9 Å². The van der Waals surface area contributed by atoms with E-state index in [1.54, 1.807) is 5.38 Å². The zero-order valence-electron chi connectivity index (χ0n) is 15.9. The molecule has 0 spiro atoms. The third kappa shape index (κ3) is 3.45. The third-order valence-electron chi connectivity index (χ3n) is 4.93. The molecule has 1 heterocycles. The van der Waals surface area contributed by atoms with Gasteiger partial charge in [-0.05, 0) is 22.3 Å². The fraction of sp³-hybridized carbons (Fsp3) is 0.182. The van der Waals surface area contributed by atoms with E-state index in [0.717, 1.165) is 22.3 Å². The van der Waals surface area contributed by atoms with Crippen molar-refractivity contribution >= 4 is 28.4 Å². The van der Waals surface area contributed by atoms with Crippen molar-refractivity contribution in [3.63, 3.8) is 0 Å². The molecular weight excluding hydrogens is 390 g/mol. The highest BCUT2D eigenvalue weighted by Crippen LogP contribution is 2.44. The summed E-state index contributed by atoms with van der Waals surface area (Å²) in [6, 6.07) is 16.2. The van der Waals surface area contributed by atoms with Gasteiger partial charge in [0.1, 0.15) is 22.9 Å². The average Bonchev–Trinajstić information content (AvgIpc) is 3.30. The summed E-state index contributed by atoms with van der Waals surface area (Å²) in [6.45, 7) is 0.190. The van der Waals surface area contributed by atoms with E-state index in [1.165, 1.54) is 25.6 Å². The minimum atomic E-state index is -0.637. The lowest BCUT2D eigenvalue weighted by molar-refractivity contribution is 0.0599. The number of hydrogen-bond donors (Lipinski definition) is 1. The van der Waals surface area contributed by atoms with Gasteiger partial charge < -0.3 is 14.2 Å². The highest BCUT2D eigenvalue weighted by Gasteiger charge is 2.29. The maximum atomic E-state index is 12.4. The normalized spacial score (nSPS) is 12.1. The first-order valence-electron chi connectivity index (χ1n) is 8.99. The predicted molar refractivity (Wildman–Crippen MR) is 111 cm³/mol. The van der Waals surface area contributed by atoms with Crippen molar-refractivity contribution in [2.75, 3.05) is 26.1 Å². The first-order valence-corrected chi connectivity index (χ1v) is 9.87. The van der Waals surface area contributed by atoms with E-state index >= 15 is 0 Å². The van der Waals surface area contributed by atoms with E-state index in [1.807, 2.05) is 24.3 Å². The van der Waals surface area contributed by atoms with Gasteiger partial charge in [-0.15, -0.1) is 11.3 Å². The number of ether oxygens (including phenoxy) is 3. The summed E-state index contributed by atoms with van der Waals surface area (Å²) in [6.07, 6.45) is -0.637. The first kappa shape index (κ1) is 19.0. The molecule has 1 aliphatic carbocycles. The molecule has 0 radical (unpaired) electrons. The van der Waals surface area contributed by atoms with Crippen LogP contribution in [-0.2, 0) is 9.47 Å². The second kappa shape index (κ2) is 7.97. The van der Waals surface area contributed by atoms with E-state index in [2.05, 4.69) is 29.6 Å². The van der Waals surface area contributed by atoms with E-state index in [0.29, 0.717) is 10.8 Å². The smallest absolute Gasteiger partial charge is 0.412 e. The van der Waals surface area contributed by atoms with Gasteiger partial charge in [0.15, 0.2) is 0 Å². The van der Waals surface area contributed by atoms with E-state index in [9.17, 15) is 9.59 Å². The number of nitrogens with one attached hydrogen (secondary N) is 1.